The van der Waals surface area contributed by atoms with Gasteiger partial charge in [0.2, 0.25) is 5.95 Å². The molecule has 0 amide bonds. The third kappa shape index (κ3) is 3.13. The van der Waals surface area contributed by atoms with Crippen molar-refractivity contribution < 1.29 is 0 Å². The molecule has 0 spiro atoms. The molecular weight excluding hydrogens is 240 g/mol. The van der Waals surface area contributed by atoms with Gasteiger partial charge in [0.15, 0.2) is 11.5 Å². The second-order valence-corrected chi connectivity index (χ2v) is 4.67. The first-order valence-electron chi connectivity index (χ1n) is 6.92. The summed E-state index contributed by atoms with van der Waals surface area (Å²) >= 11 is 0. The van der Waals surface area contributed by atoms with Gasteiger partial charge in [0, 0.05) is 20.1 Å². The van der Waals surface area contributed by atoms with Gasteiger partial charge in [-0.05, 0) is 12.8 Å². The summed E-state index contributed by atoms with van der Waals surface area (Å²) < 4.78 is 0. The van der Waals surface area contributed by atoms with Crippen LogP contribution in [0.5, 0.6) is 0 Å². The molecule has 6 nitrogen and oxygen atoms in total. The number of fused-ring (bicyclic) bond motifs is 1. The van der Waals surface area contributed by atoms with Crippen molar-refractivity contribution in [3.8, 4) is 0 Å². The van der Waals surface area contributed by atoms with Crippen molar-refractivity contribution in [2.45, 2.75) is 33.1 Å². The van der Waals surface area contributed by atoms with Crippen molar-refractivity contribution in [1.82, 2.24) is 19.9 Å². The molecule has 0 radical (unpaired) electrons. The lowest BCUT2D eigenvalue weighted by atomic mass is 10.3. The van der Waals surface area contributed by atoms with Gasteiger partial charge >= 0.3 is 0 Å². The maximum absolute atomic E-state index is 4.60. The van der Waals surface area contributed by atoms with Gasteiger partial charge < -0.3 is 15.2 Å². The summed E-state index contributed by atoms with van der Waals surface area (Å²) in [4.78, 5) is 18.5. The Bertz CT molecular complexity index is 521. The highest BCUT2D eigenvalue weighted by Crippen LogP contribution is 2.21. The van der Waals surface area contributed by atoms with Crippen molar-refractivity contribution in [3.05, 3.63) is 6.33 Å². The fourth-order valence-electron chi connectivity index (χ4n) is 1.91. The van der Waals surface area contributed by atoms with Crippen LogP contribution in [0, 0.1) is 0 Å². The summed E-state index contributed by atoms with van der Waals surface area (Å²) in [5.74, 6) is 1.56. The molecule has 2 rings (SSSR count). The molecule has 2 heterocycles. The molecule has 0 atom stereocenters. The lowest BCUT2D eigenvalue weighted by molar-refractivity contribution is 0.760. The highest BCUT2D eigenvalue weighted by Gasteiger charge is 2.13. The topological polar surface area (TPSA) is 69.7 Å². The number of hydrogen-bond donors (Lipinski definition) is 2. The number of H-pyrrole nitrogens is 1. The van der Waals surface area contributed by atoms with Gasteiger partial charge in [-0.15, -0.1) is 0 Å². The molecule has 104 valence electrons. The first kappa shape index (κ1) is 13.6. The second kappa shape index (κ2) is 6.36. The molecule has 0 unspecified atom stereocenters. The normalized spacial score (nSPS) is 10.9. The van der Waals surface area contributed by atoms with Crippen LogP contribution in [0.25, 0.3) is 11.2 Å². The van der Waals surface area contributed by atoms with E-state index in [1.54, 1.807) is 6.33 Å². The summed E-state index contributed by atoms with van der Waals surface area (Å²) in [7, 11) is 2.06. The molecule has 2 aromatic rings. The summed E-state index contributed by atoms with van der Waals surface area (Å²) in [6, 6.07) is 0. The number of imidazole rings is 1. The Morgan fingerprint density at radius 1 is 1.26 bits per heavy atom. The Balaban J connectivity index is 2.30. The number of hydrogen-bond acceptors (Lipinski definition) is 5. The maximum Gasteiger partial charge on any atom is 0.226 e. The van der Waals surface area contributed by atoms with Gasteiger partial charge in [-0.3, -0.25) is 0 Å². The van der Waals surface area contributed by atoms with E-state index in [4.69, 9.17) is 0 Å². The van der Waals surface area contributed by atoms with Crippen molar-refractivity contribution in [2.24, 2.45) is 0 Å². The number of aromatic amines is 1. The average Bonchev–Trinajstić information content (AvgIpc) is 2.89. The van der Waals surface area contributed by atoms with Crippen LogP contribution >= 0.6 is 0 Å². The van der Waals surface area contributed by atoms with Gasteiger partial charge in [-0.2, -0.15) is 9.97 Å². The summed E-state index contributed by atoms with van der Waals surface area (Å²) in [5, 5.41) is 3.22. The van der Waals surface area contributed by atoms with Crippen molar-refractivity contribution >= 4 is 22.9 Å². The molecule has 0 aromatic carbocycles. The molecule has 6 heteroatoms. The van der Waals surface area contributed by atoms with Crippen LogP contribution in [0.1, 0.15) is 33.1 Å². The van der Waals surface area contributed by atoms with E-state index in [1.165, 1.54) is 6.42 Å². The van der Waals surface area contributed by atoms with Gasteiger partial charge in [-0.1, -0.05) is 20.3 Å². The minimum atomic E-state index is 0.653. The van der Waals surface area contributed by atoms with Crippen LogP contribution in [-0.4, -0.2) is 40.1 Å². The molecule has 0 saturated heterocycles. The van der Waals surface area contributed by atoms with E-state index in [9.17, 15) is 0 Å². The Morgan fingerprint density at radius 2 is 2.11 bits per heavy atom. The van der Waals surface area contributed by atoms with Crippen LogP contribution in [0.4, 0.5) is 11.8 Å². The zero-order chi connectivity index (χ0) is 13.7. The lowest BCUT2D eigenvalue weighted by Gasteiger charge is -2.18. The van der Waals surface area contributed by atoms with E-state index in [0.29, 0.717) is 11.6 Å². The molecule has 0 aliphatic rings. The highest BCUT2D eigenvalue weighted by molar-refractivity contribution is 5.84. The third-order valence-electron chi connectivity index (χ3n) is 3.01. The van der Waals surface area contributed by atoms with Crippen LogP contribution in [0.3, 0.4) is 0 Å². The molecule has 2 aromatic heterocycles. The first-order chi connectivity index (χ1) is 9.26. The van der Waals surface area contributed by atoms with Crippen LogP contribution in [0.2, 0.25) is 0 Å². The zero-order valence-corrected chi connectivity index (χ0v) is 11.9. The standard InChI is InChI=1S/C13H22N6/c1-4-6-8-19(3)12-10-11(16-9-15-10)17-13(18-12)14-7-5-2/h9H,4-8H2,1-3H3,(H2,14,15,16,17,18). The number of anilines is 2. The van der Waals surface area contributed by atoms with Gasteiger partial charge in [0.25, 0.3) is 0 Å². The highest BCUT2D eigenvalue weighted by atomic mass is 15.2. The van der Waals surface area contributed by atoms with Crippen molar-refractivity contribution in [1.29, 1.82) is 0 Å². The zero-order valence-electron chi connectivity index (χ0n) is 11.9. The van der Waals surface area contributed by atoms with Gasteiger partial charge in [-0.25, -0.2) is 4.98 Å². The minimum Gasteiger partial charge on any atom is -0.358 e. The number of nitrogens with one attached hydrogen (secondary N) is 2. The fraction of sp³-hybridized carbons (Fsp3) is 0.615. The van der Waals surface area contributed by atoms with E-state index in [1.807, 2.05) is 0 Å². The third-order valence-corrected chi connectivity index (χ3v) is 3.01. The molecule has 0 bridgehead atoms. The predicted octanol–water partition coefficient (Wildman–Crippen LogP) is 2.41. The molecule has 19 heavy (non-hydrogen) atoms. The maximum atomic E-state index is 4.60. The van der Waals surface area contributed by atoms with E-state index in [0.717, 1.165) is 37.3 Å². The fourth-order valence-corrected chi connectivity index (χ4v) is 1.91. The second-order valence-electron chi connectivity index (χ2n) is 4.67. The summed E-state index contributed by atoms with van der Waals surface area (Å²) in [6.45, 7) is 6.16. The first-order valence-corrected chi connectivity index (χ1v) is 6.92. The van der Waals surface area contributed by atoms with E-state index >= 15 is 0 Å². The number of unbranched alkanes of at least 4 members (excludes halogenated alkanes) is 1. The van der Waals surface area contributed by atoms with Crippen molar-refractivity contribution in [2.75, 3.05) is 30.4 Å². The number of nitrogens with zero attached hydrogens (tertiary/aromatic N) is 4. The largest absolute Gasteiger partial charge is 0.358 e. The molecule has 0 fully saturated rings. The molecule has 2 N–H and O–H groups in total. The Morgan fingerprint density at radius 3 is 2.84 bits per heavy atom. The van der Waals surface area contributed by atoms with Crippen LogP contribution < -0.4 is 10.2 Å². The van der Waals surface area contributed by atoms with E-state index < -0.39 is 0 Å². The minimum absolute atomic E-state index is 0.653. The molecule has 0 aliphatic heterocycles. The SMILES string of the molecule is CCCCN(C)c1nc(NCCC)nc2nc[nH]c12. The summed E-state index contributed by atoms with van der Waals surface area (Å²) in [5.41, 5.74) is 1.62. The predicted molar refractivity (Wildman–Crippen MR) is 78.6 cm³/mol. The van der Waals surface area contributed by atoms with Crippen LogP contribution in [-0.2, 0) is 0 Å². The van der Waals surface area contributed by atoms with Gasteiger partial charge in [0.05, 0.1) is 6.33 Å². The Labute approximate surface area is 113 Å². The smallest absolute Gasteiger partial charge is 0.226 e. The molecule has 0 saturated carbocycles. The van der Waals surface area contributed by atoms with Gasteiger partial charge in [0.1, 0.15) is 5.52 Å². The van der Waals surface area contributed by atoms with Crippen molar-refractivity contribution in [3.63, 3.8) is 0 Å². The number of rotatable bonds is 7. The van der Waals surface area contributed by atoms with E-state index in [2.05, 4.69) is 51.0 Å². The van der Waals surface area contributed by atoms with Crippen LogP contribution in [0.15, 0.2) is 6.33 Å². The molecule has 0 aliphatic carbocycles. The summed E-state index contributed by atoms with van der Waals surface area (Å²) in [6.07, 6.45) is 5.03. The quantitative estimate of drug-likeness (QED) is 0.802. The molecular formula is C13H22N6. The average molecular weight is 262 g/mol. The number of aromatic nitrogens is 4. The lowest BCUT2D eigenvalue weighted by Crippen LogP contribution is -2.21. The Kier molecular flexibility index (Phi) is 4.54. The van der Waals surface area contributed by atoms with E-state index in [-0.39, 0.29) is 0 Å². The Hall–Kier alpha value is -1.85. The monoisotopic (exact) mass is 262 g/mol.